The Bertz CT molecular complexity index is 1390. The predicted molar refractivity (Wildman–Crippen MR) is 132 cm³/mol. The first-order chi connectivity index (χ1) is 16.5. The summed E-state index contributed by atoms with van der Waals surface area (Å²) in [4.78, 5) is 26.4. The summed E-state index contributed by atoms with van der Waals surface area (Å²) in [5.41, 5.74) is 1.75. The zero-order chi connectivity index (χ0) is 24.1. The van der Waals surface area contributed by atoms with Crippen molar-refractivity contribution >= 4 is 16.7 Å². The van der Waals surface area contributed by atoms with Gasteiger partial charge in [0, 0.05) is 29.6 Å². The number of hydrogen-bond donors (Lipinski definition) is 1. The Morgan fingerprint density at radius 3 is 2.32 bits per heavy atom. The molecule has 7 heteroatoms. The molecular weight excluding hydrogens is 432 g/mol. The van der Waals surface area contributed by atoms with E-state index in [1.54, 1.807) is 70.0 Å². The highest BCUT2D eigenvalue weighted by atomic mass is 16.5. The van der Waals surface area contributed by atoms with E-state index in [1.165, 1.54) is 4.57 Å². The largest absolute Gasteiger partial charge is 0.497 e. The Kier molecular flexibility index (Phi) is 6.82. The summed E-state index contributed by atoms with van der Waals surface area (Å²) in [5.74, 6) is 1.80. The van der Waals surface area contributed by atoms with E-state index in [2.05, 4.69) is 5.32 Å². The van der Waals surface area contributed by atoms with Crippen molar-refractivity contribution in [3.05, 3.63) is 94.4 Å². The zero-order valence-corrected chi connectivity index (χ0v) is 19.3. The number of nitrogens with one attached hydrogen (secondary N) is 1. The van der Waals surface area contributed by atoms with Crippen LogP contribution >= 0.6 is 0 Å². The Balaban J connectivity index is 1.65. The van der Waals surface area contributed by atoms with Gasteiger partial charge in [0.2, 0.25) is 0 Å². The van der Waals surface area contributed by atoms with E-state index < -0.39 is 0 Å². The number of carbonyl (C=O) groups excluding carboxylic acids is 1. The average molecular weight is 459 g/mol. The average Bonchev–Trinajstić information content (AvgIpc) is 2.88. The summed E-state index contributed by atoms with van der Waals surface area (Å²) in [6.45, 7) is 0.384. The lowest BCUT2D eigenvalue weighted by atomic mass is 10.1. The number of carbonyl (C=O) groups is 1. The molecule has 4 aromatic rings. The van der Waals surface area contributed by atoms with Crippen LogP contribution in [-0.2, 0) is 6.42 Å². The number of ether oxygens (including phenoxy) is 3. The number of nitrogens with zero attached hydrogens (tertiary/aromatic N) is 1. The third-order valence-corrected chi connectivity index (χ3v) is 5.67. The minimum atomic E-state index is -0.269. The number of benzene rings is 3. The third-order valence-electron chi connectivity index (χ3n) is 5.67. The molecule has 0 saturated carbocycles. The molecule has 3 aromatic carbocycles. The predicted octanol–water partition coefficient (Wildman–Crippen LogP) is 3.99. The van der Waals surface area contributed by atoms with Crippen molar-refractivity contribution in [1.82, 2.24) is 9.88 Å². The lowest BCUT2D eigenvalue weighted by molar-refractivity contribution is 0.0955. The van der Waals surface area contributed by atoms with Gasteiger partial charge in [0.25, 0.3) is 11.5 Å². The molecule has 0 atom stereocenters. The van der Waals surface area contributed by atoms with Crippen LogP contribution in [0.4, 0.5) is 0 Å². The molecule has 34 heavy (non-hydrogen) atoms. The molecule has 0 radical (unpaired) electrons. The van der Waals surface area contributed by atoms with Gasteiger partial charge in [-0.25, -0.2) is 0 Å². The lowest BCUT2D eigenvalue weighted by Gasteiger charge is -2.14. The Hall–Kier alpha value is -4.26. The summed E-state index contributed by atoms with van der Waals surface area (Å²) in [6.07, 6.45) is 2.14. The highest BCUT2D eigenvalue weighted by Gasteiger charge is 2.16. The highest BCUT2D eigenvalue weighted by molar-refractivity contribution is 6.06. The molecule has 0 aliphatic heterocycles. The van der Waals surface area contributed by atoms with Gasteiger partial charge < -0.3 is 19.5 Å². The van der Waals surface area contributed by atoms with Crippen LogP contribution in [0.25, 0.3) is 16.5 Å². The van der Waals surface area contributed by atoms with Gasteiger partial charge in [-0.15, -0.1) is 0 Å². The van der Waals surface area contributed by atoms with E-state index in [1.807, 2.05) is 24.3 Å². The minimum Gasteiger partial charge on any atom is -0.497 e. The third kappa shape index (κ3) is 4.59. The second-order valence-electron chi connectivity index (χ2n) is 7.65. The van der Waals surface area contributed by atoms with Gasteiger partial charge in [-0.2, -0.15) is 0 Å². The molecule has 0 spiro atoms. The highest BCUT2D eigenvalue weighted by Crippen LogP contribution is 2.24. The van der Waals surface area contributed by atoms with Crippen LogP contribution in [0.3, 0.4) is 0 Å². The quantitative estimate of drug-likeness (QED) is 0.432. The van der Waals surface area contributed by atoms with Crippen LogP contribution in [0.5, 0.6) is 17.2 Å². The van der Waals surface area contributed by atoms with Crippen molar-refractivity contribution in [1.29, 1.82) is 0 Å². The van der Waals surface area contributed by atoms with Crippen LogP contribution in [0.15, 0.2) is 77.7 Å². The first kappa shape index (κ1) is 22.9. The van der Waals surface area contributed by atoms with Crippen molar-refractivity contribution < 1.29 is 19.0 Å². The second kappa shape index (κ2) is 10.1. The molecule has 4 rings (SSSR count). The maximum atomic E-state index is 13.2. The molecule has 1 amide bonds. The summed E-state index contributed by atoms with van der Waals surface area (Å²) in [5, 5.41) is 4.04. The molecule has 0 saturated heterocycles. The van der Waals surface area contributed by atoms with E-state index in [-0.39, 0.29) is 11.5 Å². The molecule has 1 N–H and O–H groups in total. The van der Waals surface area contributed by atoms with Gasteiger partial charge in [0.1, 0.15) is 17.2 Å². The molecule has 0 unspecified atom stereocenters. The number of aromatic nitrogens is 1. The molecule has 1 heterocycles. The SMILES string of the molecule is COc1cccc(-n2cc(C(=O)NCCc3cc(OC)ccc3OC)c3ccccc3c2=O)c1. The fourth-order valence-corrected chi connectivity index (χ4v) is 3.91. The molecule has 0 fully saturated rings. The normalized spacial score (nSPS) is 10.7. The summed E-state index contributed by atoms with van der Waals surface area (Å²) in [7, 11) is 4.78. The van der Waals surface area contributed by atoms with Gasteiger partial charge in [0.15, 0.2) is 0 Å². The fourth-order valence-electron chi connectivity index (χ4n) is 3.91. The van der Waals surface area contributed by atoms with Crippen LogP contribution in [0, 0.1) is 0 Å². The molecule has 1 aromatic heterocycles. The molecule has 0 aliphatic carbocycles. The molecule has 0 aliphatic rings. The van der Waals surface area contributed by atoms with Crippen molar-refractivity contribution in [2.24, 2.45) is 0 Å². The lowest BCUT2D eigenvalue weighted by Crippen LogP contribution is -2.28. The van der Waals surface area contributed by atoms with Gasteiger partial charge in [0.05, 0.1) is 32.6 Å². The van der Waals surface area contributed by atoms with E-state index in [0.29, 0.717) is 40.7 Å². The molecular formula is C27H26N2O5. The number of fused-ring (bicyclic) bond motifs is 1. The summed E-state index contributed by atoms with van der Waals surface area (Å²) >= 11 is 0. The van der Waals surface area contributed by atoms with E-state index in [0.717, 1.165) is 17.1 Å². The van der Waals surface area contributed by atoms with E-state index >= 15 is 0 Å². The molecule has 7 nitrogen and oxygen atoms in total. The topological polar surface area (TPSA) is 78.8 Å². The monoisotopic (exact) mass is 458 g/mol. The maximum Gasteiger partial charge on any atom is 0.262 e. The van der Waals surface area contributed by atoms with E-state index in [4.69, 9.17) is 14.2 Å². The minimum absolute atomic E-state index is 0.207. The Morgan fingerprint density at radius 1 is 0.853 bits per heavy atom. The van der Waals surface area contributed by atoms with Crippen molar-refractivity contribution in [2.75, 3.05) is 27.9 Å². The number of amides is 1. The first-order valence-electron chi connectivity index (χ1n) is 10.8. The van der Waals surface area contributed by atoms with Crippen molar-refractivity contribution in [3.63, 3.8) is 0 Å². The molecule has 174 valence electrons. The summed E-state index contributed by atoms with van der Waals surface area (Å²) in [6, 6.07) is 19.8. The summed E-state index contributed by atoms with van der Waals surface area (Å²) < 4.78 is 17.5. The van der Waals surface area contributed by atoms with Gasteiger partial charge in [-0.3, -0.25) is 14.2 Å². The smallest absolute Gasteiger partial charge is 0.262 e. The number of methoxy groups -OCH3 is 3. The first-order valence-corrected chi connectivity index (χ1v) is 10.8. The van der Waals surface area contributed by atoms with E-state index in [9.17, 15) is 9.59 Å². The van der Waals surface area contributed by atoms with Crippen LogP contribution < -0.4 is 25.1 Å². The second-order valence-corrected chi connectivity index (χ2v) is 7.65. The zero-order valence-electron chi connectivity index (χ0n) is 19.3. The van der Waals surface area contributed by atoms with Gasteiger partial charge >= 0.3 is 0 Å². The van der Waals surface area contributed by atoms with Crippen molar-refractivity contribution in [3.8, 4) is 22.9 Å². The van der Waals surface area contributed by atoms with Crippen LogP contribution in [0.1, 0.15) is 15.9 Å². The number of rotatable bonds is 8. The standard InChI is InChI=1S/C27H26N2O5/c1-32-20-8-6-7-19(16-20)29-17-24(22-9-4-5-10-23(22)27(29)31)26(30)28-14-13-18-15-21(33-2)11-12-25(18)34-3/h4-12,15-17H,13-14H2,1-3H3,(H,28,30). The Morgan fingerprint density at radius 2 is 1.59 bits per heavy atom. The van der Waals surface area contributed by atoms with Crippen molar-refractivity contribution in [2.45, 2.75) is 6.42 Å². The number of pyridine rings is 1. The Labute approximate surface area is 197 Å². The van der Waals surface area contributed by atoms with Gasteiger partial charge in [-0.05, 0) is 48.4 Å². The number of hydrogen-bond acceptors (Lipinski definition) is 5. The van der Waals surface area contributed by atoms with Gasteiger partial charge in [-0.1, -0.05) is 24.3 Å². The van der Waals surface area contributed by atoms with Crippen LogP contribution in [0.2, 0.25) is 0 Å². The fraction of sp³-hybridized carbons (Fsp3) is 0.185. The van der Waals surface area contributed by atoms with Crippen LogP contribution in [-0.4, -0.2) is 38.3 Å². The molecule has 0 bridgehead atoms. The maximum absolute atomic E-state index is 13.2.